The predicted octanol–water partition coefficient (Wildman–Crippen LogP) is -0.625. The van der Waals surface area contributed by atoms with Crippen LogP contribution in [0.2, 0.25) is 0 Å². The summed E-state index contributed by atoms with van der Waals surface area (Å²) < 4.78 is 0. The zero-order valence-electron chi connectivity index (χ0n) is 3.68. The first kappa shape index (κ1) is 4.59. The molecule has 0 aromatic rings. The molecule has 1 unspecified atom stereocenters. The lowest BCUT2D eigenvalue weighted by molar-refractivity contribution is -0.125. The molecule has 0 spiro atoms. The third-order valence-electron chi connectivity index (χ3n) is 0.772. The van der Waals surface area contributed by atoms with E-state index in [9.17, 15) is 4.79 Å². The van der Waals surface area contributed by atoms with Crippen molar-refractivity contribution >= 4 is 5.91 Å². The van der Waals surface area contributed by atoms with Gasteiger partial charge >= 0.3 is 0 Å². The number of hydrogen-bond acceptors (Lipinski definition) is 2. The minimum absolute atomic E-state index is 0.236. The quantitative estimate of drug-likeness (QED) is 0.439. The summed E-state index contributed by atoms with van der Waals surface area (Å²) in [6.45, 7) is 5.43. The molecule has 1 N–H and O–H groups in total. The highest BCUT2D eigenvalue weighted by Gasteiger charge is 2.19. The number of hydroxylamine groups is 1. The highest BCUT2D eigenvalue weighted by molar-refractivity contribution is 5.79. The fourth-order valence-electron chi connectivity index (χ4n) is 0.354. The minimum atomic E-state index is -0.458. The van der Waals surface area contributed by atoms with E-state index in [0.29, 0.717) is 6.61 Å². The second kappa shape index (κ2) is 1.50. The van der Waals surface area contributed by atoms with E-state index >= 15 is 0 Å². The average molecular weight is 99.1 g/mol. The molecule has 0 aromatic heterocycles. The smallest absolute Gasteiger partial charge is 0.249 e. The van der Waals surface area contributed by atoms with Crippen LogP contribution in [-0.2, 0) is 9.63 Å². The number of carbonyl (C=O) groups excluding carboxylic acids is 1. The van der Waals surface area contributed by atoms with E-state index in [4.69, 9.17) is 6.92 Å². The lowest BCUT2D eigenvalue weighted by Gasteiger charge is -1.85. The summed E-state index contributed by atoms with van der Waals surface area (Å²) in [5, 5.41) is 0. The van der Waals surface area contributed by atoms with Crippen LogP contribution in [0.5, 0.6) is 0 Å². The van der Waals surface area contributed by atoms with Gasteiger partial charge < -0.3 is 0 Å². The van der Waals surface area contributed by atoms with Crippen LogP contribution in [0.3, 0.4) is 0 Å². The van der Waals surface area contributed by atoms with E-state index in [1.54, 1.807) is 0 Å². The zero-order valence-corrected chi connectivity index (χ0v) is 3.68. The van der Waals surface area contributed by atoms with Gasteiger partial charge in [0, 0.05) is 0 Å². The van der Waals surface area contributed by atoms with Crippen LogP contribution < -0.4 is 5.48 Å². The largest absolute Gasteiger partial charge is 0.273 e. The summed E-state index contributed by atoms with van der Waals surface area (Å²) in [7, 11) is 0. The first-order chi connectivity index (χ1) is 3.30. The summed E-state index contributed by atoms with van der Waals surface area (Å²) >= 11 is 0. The van der Waals surface area contributed by atoms with Crippen LogP contribution in [0.15, 0.2) is 0 Å². The topological polar surface area (TPSA) is 38.3 Å². The molecule has 3 nitrogen and oxygen atoms in total. The molecule has 1 aliphatic rings. The van der Waals surface area contributed by atoms with E-state index in [2.05, 4.69) is 10.3 Å². The Bertz CT molecular complexity index is 91.7. The molecule has 38 valence electrons. The Morgan fingerprint density at radius 2 is 2.71 bits per heavy atom. The summed E-state index contributed by atoms with van der Waals surface area (Å²) in [5.74, 6) is -0.694. The maximum absolute atomic E-state index is 10.2. The van der Waals surface area contributed by atoms with Crippen LogP contribution in [0, 0.1) is 12.8 Å². The summed E-state index contributed by atoms with van der Waals surface area (Å²) in [6.07, 6.45) is 0. The van der Waals surface area contributed by atoms with Gasteiger partial charge in [0.1, 0.15) is 0 Å². The second-order valence-corrected chi connectivity index (χ2v) is 1.38. The second-order valence-electron chi connectivity index (χ2n) is 1.38. The van der Waals surface area contributed by atoms with E-state index in [1.165, 1.54) is 0 Å². The number of nitrogens with one attached hydrogen (secondary N) is 1. The maximum atomic E-state index is 10.2. The van der Waals surface area contributed by atoms with E-state index in [-0.39, 0.29) is 5.91 Å². The van der Waals surface area contributed by atoms with Gasteiger partial charge in [0.2, 0.25) is 5.91 Å². The molecule has 1 aliphatic heterocycles. The van der Waals surface area contributed by atoms with Gasteiger partial charge in [0.05, 0.1) is 12.5 Å². The van der Waals surface area contributed by atoms with Gasteiger partial charge in [-0.15, -0.1) is 0 Å². The molecule has 0 saturated carbocycles. The van der Waals surface area contributed by atoms with Crippen LogP contribution in [0.4, 0.5) is 0 Å². The van der Waals surface area contributed by atoms with Crippen molar-refractivity contribution in [1.29, 1.82) is 0 Å². The normalized spacial score (nSPS) is 30.4. The van der Waals surface area contributed by atoms with Gasteiger partial charge in [-0.25, -0.2) is 5.48 Å². The van der Waals surface area contributed by atoms with Gasteiger partial charge in [0.25, 0.3) is 0 Å². The van der Waals surface area contributed by atoms with Gasteiger partial charge in [-0.1, -0.05) is 0 Å². The van der Waals surface area contributed by atoms with Gasteiger partial charge in [-0.3, -0.25) is 9.63 Å². The Morgan fingerprint density at radius 3 is 2.86 bits per heavy atom. The van der Waals surface area contributed by atoms with Crippen LogP contribution in [0.1, 0.15) is 0 Å². The Hall–Kier alpha value is -0.570. The molecule has 1 atom stereocenters. The van der Waals surface area contributed by atoms with Crippen LogP contribution in [-0.4, -0.2) is 12.5 Å². The van der Waals surface area contributed by atoms with E-state index in [0.717, 1.165) is 0 Å². The van der Waals surface area contributed by atoms with Crippen molar-refractivity contribution < 1.29 is 9.63 Å². The lowest BCUT2D eigenvalue weighted by Crippen LogP contribution is -2.16. The van der Waals surface area contributed by atoms with Crippen molar-refractivity contribution in [2.45, 2.75) is 0 Å². The lowest BCUT2D eigenvalue weighted by atomic mass is 10.2. The van der Waals surface area contributed by atoms with Gasteiger partial charge in [0.15, 0.2) is 0 Å². The summed E-state index contributed by atoms with van der Waals surface area (Å²) in [5.41, 5.74) is 2.11. The molecule has 1 amide bonds. The fraction of sp³-hybridized carbons (Fsp3) is 0.500. The molecular weight excluding hydrogens is 94.0 g/mol. The molecule has 0 bridgehead atoms. The SMILES string of the molecule is [CH]C1CONC1=O. The number of amides is 1. The Labute approximate surface area is 41.6 Å². The van der Waals surface area contributed by atoms with Crippen molar-refractivity contribution in [3.05, 3.63) is 6.92 Å². The van der Waals surface area contributed by atoms with Crippen molar-refractivity contribution in [2.24, 2.45) is 5.92 Å². The highest BCUT2D eigenvalue weighted by atomic mass is 16.7. The molecule has 0 aliphatic carbocycles. The number of carbonyl (C=O) groups is 1. The molecule has 7 heavy (non-hydrogen) atoms. The Morgan fingerprint density at radius 1 is 2.00 bits per heavy atom. The van der Waals surface area contributed by atoms with Gasteiger partial charge in [-0.2, -0.15) is 0 Å². The Balaban J connectivity index is 2.48. The third-order valence-corrected chi connectivity index (χ3v) is 0.772. The molecule has 1 heterocycles. The average Bonchev–Trinajstić information content (AvgIpc) is 1.91. The van der Waals surface area contributed by atoms with Crippen molar-refractivity contribution in [2.75, 3.05) is 6.61 Å². The summed E-state index contributed by atoms with van der Waals surface area (Å²) in [6, 6.07) is 0. The standard InChI is InChI=1S/C4H5NO2/c1-3-2-7-5-4(3)6/h1,3H,2H2,(H,5,6). The minimum Gasteiger partial charge on any atom is -0.273 e. The zero-order chi connectivity index (χ0) is 5.28. The molecule has 1 rings (SSSR count). The predicted molar refractivity (Wildman–Crippen MR) is 21.9 cm³/mol. The summed E-state index contributed by atoms with van der Waals surface area (Å²) in [4.78, 5) is 14.7. The first-order valence-electron chi connectivity index (χ1n) is 1.98. The molecule has 1 saturated heterocycles. The Kier molecular flexibility index (Phi) is 0.982. The third kappa shape index (κ3) is 0.718. The molecule has 2 radical (unpaired) electrons. The highest BCUT2D eigenvalue weighted by Crippen LogP contribution is 1.99. The number of rotatable bonds is 0. The van der Waals surface area contributed by atoms with Crippen molar-refractivity contribution in [3.8, 4) is 0 Å². The van der Waals surface area contributed by atoms with Crippen molar-refractivity contribution in [3.63, 3.8) is 0 Å². The first-order valence-corrected chi connectivity index (χ1v) is 1.98. The fourth-order valence-corrected chi connectivity index (χ4v) is 0.354. The van der Waals surface area contributed by atoms with Gasteiger partial charge in [-0.05, 0) is 6.92 Å². The molecule has 0 aromatic carbocycles. The van der Waals surface area contributed by atoms with Crippen LogP contribution in [0.25, 0.3) is 0 Å². The van der Waals surface area contributed by atoms with Crippen LogP contribution >= 0.6 is 0 Å². The molecular formula is C4H5NO2. The van der Waals surface area contributed by atoms with Crippen molar-refractivity contribution in [1.82, 2.24) is 5.48 Å². The van der Waals surface area contributed by atoms with E-state index in [1.807, 2.05) is 0 Å². The molecule has 3 heteroatoms. The molecule has 1 fully saturated rings. The number of hydrogen-bond donors (Lipinski definition) is 1. The maximum Gasteiger partial charge on any atom is 0.249 e. The monoisotopic (exact) mass is 99.0 g/mol. The van der Waals surface area contributed by atoms with E-state index < -0.39 is 5.92 Å².